The van der Waals surface area contributed by atoms with E-state index in [1.807, 2.05) is 41.3 Å². The average molecular weight is 383 g/mol. The summed E-state index contributed by atoms with van der Waals surface area (Å²) >= 11 is 2.91. The van der Waals surface area contributed by atoms with Gasteiger partial charge in [-0.15, -0.1) is 10.2 Å². The van der Waals surface area contributed by atoms with Gasteiger partial charge in [-0.1, -0.05) is 65.6 Å². The molecule has 3 aromatic rings. The molecule has 2 heterocycles. The van der Waals surface area contributed by atoms with Crippen LogP contribution in [0.4, 0.5) is 10.8 Å². The Hall–Kier alpha value is -2.38. The zero-order chi connectivity index (χ0) is 17.8. The van der Waals surface area contributed by atoms with Crippen LogP contribution in [0, 0.1) is 0 Å². The lowest BCUT2D eigenvalue weighted by molar-refractivity contribution is -0.129. The van der Waals surface area contributed by atoms with Crippen LogP contribution < -0.4 is 5.32 Å². The molecule has 0 spiro atoms. The minimum atomic E-state index is 0.150. The van der Waals surface area contributed by atoms with Gasteiger partial charge in [-0.25, -0.2) is 0 Å². The van der Waals surface area contributed by atoms with Gasteiger partial charge in [0.25, 0.3) is 0 Å². The number of thioether (sulfide) groups is 1. The maximum absolute atomic E-state index is 12.5. The van der Waals surface area contributed by atoms with Crippen molar-refractivity contribution in [3.05, 3.63) is 65.7 Å². The quantitative estimate of drug-likeness (QED) is 0.677. The molecule has 26 heavy (non-hydrogen) atoms. The molecule has 1 aromatic heterocycles. The number of carbonyl (C=O) groups excluding carboxylic acids is 1. The molecule has 1 N–H and O–H groups in total. The van der Waals surface area contributed by atoms with Crippen LogP contribution in [0.25, 0.3) is 0 Å². The highest BCUT2D eigenvalue weighted by Gasteiger charge is 2.20. The number of hydrogen-bond acceptors (Lipinski definition) is 6. The summed E-state index contributed by atoms with van der Waals surface area (Å²) < 4.78 is 0.800. The van der Waals surface area contributed by atoms with E-state index < -0.39 is 0 Å². The van der Waals surface area contributed by atoms with E-state index in [1.54, 1.807) is 0 Å². The monoisotopic (exact) mass is 382 g/mol. The summed E-state index contributed by atoms with van der Waals surface area (Å²) in [6, 6.07) is 18.2. The van der Waals surface area contributed by atoms with E-state index >= 15 is 0 Å². The molecule has 1 aliphatic rings. The van der Waals surface area contributed by atoms with E-state index in [-0.39, 0.29) is 5.91 Å². The highest BCUT2D eigenvalue weighted by Crippen LogP contribution is 2.28. The predicted octanol–water partition coefficient (Wildman–Crippen LogP) is 3.96. The van der Waals surface area contributed by atoms with E-state index in [1.165, 1.54) is 34.2 Å². The minimum Gasteiger partial charge on any atom is -0.337 e. The molecule has 0 fully saturated rings. The van der Waals surface area contributed by atoms with Gasteiger partial charge in [0.05, 0.1) is 5.75 Å². The van der Waals surface area contributed by atoms with E-state index in [0.29, 0.717) is 12.3 Å². The maximum Gasteiger partial charge on any atom is 0.233 e. The smallest absolute Gasteiger partial charge is 0.233 e. The summed E-state index contributed by atoms with van der Waals surface area (Å²) in [6.45, 7) is 1.49. The third-order valence-electron chi connectivity index (χ3n) is 4.23. The van der Waals surface area contributed by atoms with Gasteiger partial charge in [0.15, 0.2) is 4.34 Å². The molecule has 0 saturated heterocycles. The first kappa shape index (κ1) is 17.1. The molecule has 0 unspecified atom stereocenters. The fourth-order valence-electron chi connectivity index (χ4n) is 2.89. The van der Waals surface area contributed by atoms with Gasteiger partial charge in [-0.3, -0.25) is 4.79 Å². The molecule has 4 rings (SSSR count). The van der Waals surface area contributed by atoms with E-state index in [0.717, 1.165) is 28.1 Å². The second kappa shape index (κ2) is 7.88. The minimum absolute atomic E-state index is 0.150. The Morgan fingerprint density at radius 2 is 1.85 bits per heavy atom. The van der Waals surface area contributed by atoms with Crippen molar-refractivity contribution in [2.45, 2.75) is 17.3 Å². The van der Waals surface area contributed by atoms with E-state index in [9.17, 15) is 4.79 Å². The molecule has 0 bridgehead atoms. The van der Waals surface area contributed by atoms with Gasteiger partial charge < -0.3 is 10.2 Å². The Labute approximate surface area is 160 Å². The zero-order valence-corrected chi connectivity index (χ0v) is 15.7. The summed E-state index contributed by atoms with van der Waals surface area (Å²) in [4.78, 5) is 14.5. The van der Waals surface area contributed by atoms with Gasteiger partial charge >= 0.3 is 0 Å². The zero-order valence-electron chi connectivity index (χ0n) is 14.1. The van der Waals surface area contributed by atoms with Gasteiger partial charge in [0.1, 0.15) is 0 Å². The number of nitrogens with one attached hydrogen (secondary N) is 1. The highest BCUT2D eigenvalue weighted by molar-refractivity contribution is 8.01. The fraction of sp³-hybridized carbons (Fsp3) is 0.211. The topological polar surface area (TPSA) is 58.1 Å². The van der Waals surface area contributed by atoms with Crippen molar-refractivity contribution in [1.82, 2.24) is 15.1 Å². The van der Waals surface area contributed by atoms with Gasteiger partial charge in [-0.2, -0.15) is 0 Å². The SMILES string of the molecule is O=C(CSc1nnc(Nc2ccccc2)s1)N1CCc2ccccc2C1. The Kier molecular flexibility index (Phi) is 5.17. The average Bonchev–Trinajstić information content (AvgIpc) is 3.14. The molecule has 1 aliphatic heterocycles. The number of aromatic nitrogens is 2. The molecule has 0 saturated carbocycles. The third-order valence-corrected chi connectivity index (χ3v) is 6.19. The second-order valence-corrected chi connectivity index (χ2v) is 8.19. The van der Waals surface area contributed by atoms with Gasteiger partial charge in [0.2, 0.25) is 11.0 Å². The van der Waals surface area contributed by atoms with Crippen LogP contribution in [-0.4, -0.2) is 33.3 Å². The molecule has 0 radical (unpaired) electrons. The first-order valence-electron chi connectivity index (χ1n) is 8.41. The number of anilines is 2. The number of fused-ring (bicyclic) bond motifs is 1. The number of benzene rings is 2. The van der Waals surface area contributed by atoms with Crippen LogP contribution in [0.1, 0.15) is 11.1 Å². The Morgan fingerprint density at radius 3 is 2.69 bits per heavy atom. The second-order valence-electron chi connectivity index (χ2n) is 5.99. The van der Waals surface area contributed by atoms with Crippen LogP contribution in [0.5, 0.6) is 0 Å². The number of rotatable bonds is 5. The lowest BCUT2D eigenvalue weighted by atomic mass is 10.00. The predicted molar refractivity (Wildman–Crippen MR) is 106 cm³/mol. The van der Waals surface area contributed by atoms with Crippen molar-refractivity contribution in [1.29, 1.82) is 0 Å². The van der Waals surface area contributed by atoms with Crippen LogP contribution in [0.2, 0.25) is 0 Å². The van der Waals surface area contributed by atoms with Crippen molar-refractivity contribution in [3.8, 4) is 0 Å². The van der Waals surface area contributed by atoms with Crippen LogP contribution >= 0.6 is 23.1 Å². The summed E-state index contributed by atoms with van der Waals surface area (Å²) in [7, 11) is 0. The van der Waals surface area contributed by atoms with Crippen molar-refractivity contribution >= 4 is 39.8 Å². The number of nitrogens with zero attached hydrogens (tertiary/aromatic N) is 3. The molecule has 7 heteroatoms. The Balaban J connectivity index is 1.31. The standard InChI is InChI=1S/C19H18N4OS2/c24-17(23-11-10-14-6-4-5-7-15(14)12-23)13-25-19-22-21-18(26-19)20-16-8-2-1-3-9-16/h1-9H,10-13H2,(H,20,21). The summed E-state index contributed by atoms with van der Waals surface area (Å²) in [6.07, 6.45) is 0.927. The van der Waals surface area contributed by atoms with E-state index in [4.69, 9.17) is 0 Å². The molecule has 5 nitrogen and oxygen atoms in total. The molecule has 0 atom stereocenters. The lowest BCUT2D eigenvalue weighted by Gasteiger charge is -2.28. The summed E-state index contributed by atoms with van der Waals surface area (Å²) in [5.41, 5.74) is 3.58. The number of carbonyl (C=O) groups is 1. The number of hydrogen-bond donors (Lipinski definition) is 1. The largest absolute Gasteiger partial charge is 0.337 e. The lowest BCUT2D eigenvalue weighted by Crippen LogP contribution is -2.37. The Morgan fingerprint density at radius 1 is 1.08 bits per heavy atom. The molecule has 2 aromatic carbocycles. The first-order chi connectivity index (χ1) is 12.8. The van der Waals surface area contributed by atoms with Crippen molar-refractivity contribution in [2.24, 2.45) is 0 Å². The number of para-hydroxylation sites is 1. The summed E-state index contributed by atoms with van der Waals surface area (Å²) in [5.74, 6) is 0.541. The Bertz CT molecular complexity index is 897. The highest BCUT2D eigenvalue weighted by atomic mass is 32.2. The third kappa shape index (κ3) is 4.05. The molecule has 0 aliphatic carbocycles. The van der Waals surface area contributed by atoms with Crippen molar-refractivity contribution < 1.29 is 4.79 Å². The fourth-order valence-corrected chi connectivity index (χ4v) is 4.56. The molecule has 1 amide bonds. The normalized spacial score (nSPS) is 13.3. The van der Waals surface area contributed by atoms with Crippen LogP contribution in [0.15, 0.2) is 58.9 Å². The maximum atomic E-state index is 12.5. The van der Waals surface area contributed by atoms with Gasteiger partial charge in [-0.05, 0) is 29.7 Å². The van der Waals surface area contributed by atoms with Crippen molar-refractivity contribution in [3.63, 3.8) is 0 Å². The molecular formula is C19H18N4OS2. The molecule has 132 valence electrons. The van der Waals surface area contributed by atoms with Gasteiger partial charge in [0, 0.05) is 18.8 Å². The van der Waals surface area contributed by atoms with Crippen LogP contribution in [-0.2, 0) is 17.8 Å². The number of amides is 1. The van der Waals surface area contributed by atoms with Crippen LogP contribution in [0.3, 0.4) is 0 Å². The van der Waals surface area contributed by atoms with E-state index in [2.05, 4.69) is 33.7 Å². The molecular weight excluding hydrogens is 364 g/mol. The first-order valence-corrected chi connectivity index (χ1v) is 10.2. The summed E-state index contributed by atoms with van der Waals surface area (Å²) in [5, 5.41) is 12.3. The van der Waals surface area contributed by atoms with Crippen molar-refractivity contribution in [2.75, 3.05) is 17.6 Å².